The monoisotopic (exact) mass is 271 g/mol. The van der Waals surface area contributed by atoms with Crippen LogP contribution in [0.25, 0.3) is 0 Å². The Balaban J connectivity index is 2.32. The summed E-state index contributed by atoms with van der Waals surface area (Å²) in [5, 5.41) is 4.67. The van der Waals surface area contributed by atoms with E-state index in [9.17, 15) is 4.79 Å². The zero-order chi connectivity index (χ0) is 13.5. The quantitative estimate of drug-likeness (QED) is 0.803. The van der Waals surface area contributed by atoms with Crippen LogP contribution in [-0.4, -0.2) is 47.9 Å². The molecule has 18 heavy (non-hydrogen) atoms. The fraction of sp³-hybridized carbons (Fsp3) is 0.846. The Morgan fingerprint density at radius 3 is 2.72 bits per heavy atom. The highest BCUT2D eigenvalue weighted by atomic mass is 32.2. The minimum Gasteiger partial charge on any atom is -0.356 e. The number of carbonyl (C=O) groups is 1. The molecule has 0 fully saturated rings. The molecule has 0 aliphatic carbocycles. The molecule has 0 aromatic rings. The van der Waals surface area contributed by atoms with E-state index in [2.05, 4.69) is 24.2 Å². The molecule has 1 aliphatic rings. The van der Waals surface area contributed by atoms with Crippen LogP contribution < -0.4 is 5.32 Å². The molecule has 1 N–H and O–H groups in total. The molecule has 0 bridgehead atoms. The maximum atomic E-state index is 11.7. The molecular weight excluding hydrogens is 246 g/mol. The first kappa shape index (κ1) is 15.3. The van der Waals surface area contributed by atoms with Crippen molar-refractivity contribution in [1.82, 2.24) is 10.2 Å². The van der Waals surface area contributed by atoms with Gasteiger partial charge in [0.05, 0.1) is 13.1 Å². The van der Waals surface area contributed by atoms with Gasteiger partial charge in [-0.1, -0.05) is 38.5 Å². The second-order valence-corrected chi connectivity index (χ2v) is 5.87. The lowest BCUT2D eigenvalue weighted by molar-refractivity contribution is -0.128. The van der Waals surface area contributed by atoms with Crippen molar-refractivity contribution in [2.24, 2.45) is 10.9 Å². The number of aliphatic imine (C=N–C) groups is 1. The van der Waals surface area contributed by atoms with E-state index in [1.54, 1.807) is 16.7 Å². The molecule has 1 unspecified atom stereocenters. The van der Waals surface area contributed by atoms with Gasteiger partial charge in [-0.3, -0.25) is 9.79 Å². The molecule has 0 saturated heterocycles. The van der Waals surface area contributed by atoms with E-state index in [1.165, 1.54) is 12.8 Å². The number of thioether (sulfide) groups is 1. The Kier molecular flexibility index (Phi) is 6.54. The third-order valence-electron chi connectivity index (χ3n) is 3.54. The van der Waals surface area contributed by atoms with E-state index < -0.39 is 0 Å². The zero-order valence-corrected chi connectivity index (χ0v) is 12.7. The van der Waals surface area contributed by atoms with Crippen molar-refractivity contribution in [2.45, 2.75) is 38.9 Å². The summed E-state index contributed by atoms with van der Waals surface area (Å²) >= 11 is 1.80. The molecule has 1 aliphatic heterocycles. The second kappa shape index (κ2) is 7.67. The van der Waals surface area contributed by atoms with Crippen molar-refractivity contribution in [2.75, 3.05) is 26.7 Å². The third kappa shape index (κ3) is 4.19. The summed E-state index contributed by atoms with van der Waals surface area (Å²) in [6, 6.07) is 0. The summed E-state index contributed by atoms with van der Waals surface area (Å²) in [6.45, 7) is 8.43. The minimum atomic E-state index is 0.117. The van der Waals surface area contributed by atoms with Crippen LogP contribution in [0.5, 0.6) is 0 Å². The van der Waals surface area contributed by atoms with Crippen LogP contribution in [0, 0.1) is 5.92 Å². The molecule has 0 spiro atoms. The van der Waals surface area contributed by atoms with Crippen molar-refractivity contribution in [3.8, 4) is 0 Å². The van der Waals surface area contributed by atoms with Gasteiger partial charge in [0.1, 0.15) is 0 Å². The summed E-state index contributed by atoms with van der Waals surface area (Å²) in [5.74, 6) is 0.846. The van der Waals surface area contributed by atoms with Crippen molar-refractivity contribution in [1.29, 1.82) is 0 Å². The van der Waals surface area contributed by atoms with Gasteiger partial charge in [0.15, 0.2) is 5.17 Å². The van der Waals surface area contributed by atoms with Gasteiger partial charge in [-0.15, -0.1) is 0 Å². The summed E-state index contributed by atoms with van der Waals surface area (Å²) in [7, 11) is 1.82. The highest BCUT2D eigenvalue weighted by molar-refractivity contribution is 8.14. The number of likely N-dealkylation sites (N-methyl/N-ethyl adjacent to an activating group) is 1. The Morgan fingerprint density at radius 1 is 1.50 bits per heavy atom. The average Bonchev–Trinajstić information content (AvgIpc) is 2.85. The lowest BCUT2D eigenvalue weighted by Crippen LogP contribution is -2.37. The number of amides is 1. The van der Waals surface area contributed by atoms with Gasteiger partial charge < -0.3 is 10.2 Å². The molecule has 4 nitrogen and oxygen atoms in total. The molecule has 1 heterocycles. The van der Waals surface area contributed by atoms with Gasteiger partial charge in [-0.05, 0) is 12.8 Å². The van der Waals surface area contributed by atoms with Crippen LogP contribution in [-0.2, 0) is 4.79 Å². The summed E-state index contributed by atoms with van der Waals surface area (Å²) in [4.78, 5) is 17.9. The molecule has 0 aromatic carbocycles. The van der Waals surface area contributed by atoms with Gasteiger partial charge in [0.25, 0.3) is 0 Å². The number of nitrogens with one attached hydrogen (secondary N) is 1. The van der Waals surface area contributed by atoms with Crippen LogP contribution in [0.2, 0.25) is 0 Å². The van der Waals surface area contributed by atoms with E-state index in [0.29, 0.717) is 11.8 Å². The fourth-order valence-corrected chi connectivity index (χ4v) is 3.33. The van der Waals surface area contributed by atoms with E-state index in [4.69, 9.17) is 0 Å². The first-order valence-corrected chi connectivity index (χ1v) is 7.69. The van der Waals surface area contributed by atoms with Crippen LogP contribution in [0.4, 0.5) is 0 Å². The standard InChI is InChI=1S/C13H25N3OS/c1-5-10(6-2)11-8-14-13(18-11)15-9-12(17)16(4)7-3/h10-11H,5-9H2,1-4H3,(H,14,15). The molecule has 1 amide bonds. The highest BCUT2D eigenvalue weighted by Gasteiger charge is 2.26. The number of hydrogen-bond donors (Lipinski definition) is 1. The van der Waals surface area contributed by atoms with E-state index in [1.807, 2.05) is 14.0 Å². The molecule has 0 saturated carbocycles. The van der Waals surface area contributed by atoms with Crippen molar-refractivity contribution >= 4 is 22.8 Å². The number of rotatable bonds is 6. The number of hydrogen-bond acceptors (Lipinski definition) is 4. The first-order chi connectivity index (χ1) is 8.62. The summed E-state index contributed by atoms with van der Waals surface area (Å²) in [6.07, 6.45) is 2.41. The second-order valence-electron chi connectivity index (χ2n) is 4.64. The maximum Gasteiger partial charge on any atom is 0.241 e. The highest BCUT2D eigenvalue weighted by Crippen LogP contribution is 2.30. The van der Waals surface area contributed by atoms with E-state index in [-0.39, 0.29) is 5.91 Å². The minimum absolute atomic E-state index is 0.117. The maximum absolute atomic E-state index is 11.7. The van der Waals surface area contributed by atoms with Crippen molar-refractivity contribution in [3.63, 3.8) is 0 Å². The number of nitrogens with zero attached hydrogens (tertiary/aromatic N) is 2. The number of carbonyl (C=O) groups excluding carboxylic acids is 1. The van der Waals surface area contributed by atoms with Crippen molar-refractivity contribution in [3.05, 3.63) is 0 Å². The zero-order valence-electron chi connectivity index (χ0n) is 11.9. The van der Waals surface area contributed by atoms with Crippen molar-refractivity contribution < 1.29 is 4.79 Å². The predicted molar refractivity (Wildman–Crippen MR) is 79.1 cm³/mol. The Morgan fingerprint density at radius 2 is 2.17 bits per heavy atom. The van der Waals surface area contributed by atoms with Crippen LogP contribution >= 0.6 is 11.8 Å². The lowest BCUT2D eigenvalue weighted by atomic mass is 9.99. The van der Waals surface area contributed by atoms with Gasteiger partial charge >= 0.3 is 0 Å². The Bertz CT molecular complexity index is 303. The van der Waals surface area contributed by atoms with Gasteiger partial charge in [0.2, 0.25) is 5.91 Å². The summed E-state index contributed by atoms with van der Waals surface area (Å²) in [5.41, 5.74) is 0. The normalized spacial score (nSPS) is 18.9. The Hall–Kier alpha value is -0.710. The van der Waals surface area contributed by atoms with E-state index >= 15 is 0 Å². The van der Waals surface area contributed by atoms with E-state index in [0.717, 1.165) is 24.2 Å². The molecule has 1 atom stereocenters. The molecule has 5 heteroatoms. The third-order valence-corrected chi connectivity index (χ3v) is 4.88. The van der Waals surface area contributed by atoms with Gasteiger partial charge in [0, 0.05) is 18.8 Å². The molecule has 104 valence electrons. The van der Waals surface area contributed by atoms with Crippen LogP contribution in [0.1, 0.15) is 33.6 Å². The smallest absolute Gasteiger partial charge is 0.241 e. The van der Waals surface area contributed by atoms with Crippen LogP contribution in [0.15, 0.2) is 4.99 Å². The summed E-state index contributed by atoms with van der Waals surface area (Å²) < 4.78 is 0. The fourth-order valence-electron chi connectivity index (χ4n) is 2.01. The predicted octanol–water partition coefficient (Wildman–Crippen LogP) is 1.96. The number of amidine groups is 1. The topological polar surface area (TPSA) is 44.7 Å². The largest absolute Gasteiger partial charge is 0.356 e. The lowest BCUT2D eigenvalue weighted by Gasteiger charge is -2.19. The first-order valence-electron chi connectivity index (χ1n) is 6.81. The van der Waals surface area contributed by atoms with Crippen LogP contribution in [0.3, 0.4) is 0 Å². The van der Waals surface area contributed by atoms with Gasteiger partial charge in [-0.25, -0.2) is 0 Å². The molecule has 1 rings (SSSR count). The molecule has 0 radical (unpaired) electrons. The molecule has 0 aromatic heterocycles. The SMILES string of the molecule is CCC(CC)C1CN=C(NCC(=O)N(C)CC)S1. The Labute approximate surface area is 115 Å². The average molecular weight is 271 g/mol. The molecular formula is C13H25N3OS. The van der Waals surface area contributed by atoms with Gasteiger partial charge in [-0.2, -0.15) is 0 Å².